The van der Waals surface area contributed by atoms with Gasteiger partial charge in [-0.3, -0.25) is 0 Å². The second kappa shape index (κ2) is 5.21. The van der Waals surface area contributed by atoms with Gasteiger partial charge in [-0.2, -0.15) is 0 Å². The molecule has 0 amide bonds. The number of rotatable bonds is 3. The highest BCUT2D eigenvalue weighted by Crippen LogP contribution is 2.40. The van der Waals surface area contributed by atoms with E-state index < -0.39 is 0 Å². The molecule has 26 heavy (non-hydrogen) atoms. The third kappa shape index (κ3) is 2.03. The van der Waals surface area contributed by atoms with Crippen molar-refractivity contribution in [2.75, 3.05) is 0 Å². The van der Waals surface area contributed by atoms with Crippen LogP contribution in [0.25, 0.3) is 27.5 Å². The molecule has 6 rings (SSSR count). The summed E-state index contributed by atoms with van der Waals surface area (Å²) in [7, 11) is 0. The summed E-state index contributed by atoms with van der Waals surface area (Å²) in [5, 5.41) is 2.59. The molecule has 0 radical (unpaired) electrons. The van der Waals surface area contributed by atoms with Crippen molar-refractivity contribution in [3.63, 3.8) is 0 Å². The molecule has 5 aromatic rings. The van der Waals surface area contributed by atoms with Gasteiger partial charge in [-0.1, -0.05) is 48.5 Å². The van der Waals surface area contributed by atoms with Crippen LogP contribution in [0.2, 0.25) is 0 Å². The van der Waals surface area contributed by atoms with Gasteiger partial charge in [0, 0.05) is 41.1 Å². The summed E-state index contributed by atoms with van der Waals surface area (Å²) >= 11 is 0. The Morgan fingerprint density at radius 3 is 2.54 bits per heavy atom. The number of hydrogen-bond acceptors (Lipinski definition) is 1. The van der Waals surface area contributed by atoms with Gasteiger partial charge in [-0.05, 0) is 30.5 Å². The summed E-state index contributed by atoms with van der Waals surface area (Å²) in [4.78, 5) is 5.04. The molecule has 0 unspecified atom stereocenters. The molecule has 2 aromatic carbocycles. The highest BCUT2D eigenvalue weighted by Gasteiger charge is 2.27. The Morgan fingerprint density at radius 1 is 0.885 bits per heavy atom. The first kappa shape index (κ1) is 14.1. The van der Waals surface area contributed by atoms with Gasteiger partial charge in [-0.25, -0.2) is 4.98 Å². The minimum Gasteiger partial charge on any atom is -0.333 e. The molecule has 1 aliphatic carbocycles. The zero-order valence-electron chi connectivity index (χ0n) is 14.5. The van der Waals surface area contributed by atoms with Crippen molar-refractivity contribution in [2.45, 2.75) is 25.3 Å². The van der Waals surface area contributed by atoms with Crippen LogP contribution in [-0.2, 0) is 6.54 Å². The van der Waals surface area contributed by atoms with Crippen molar-refractivity contribution in [3.05, 3.63) is 84.3 Å². The molecular formula is C23H19N3. The minimum atomic E-state index is 0.664. The van der Waals surface area contributed by atoms with Crippen LogP contribution in [0.4, 0.5) is 0 Å². The Kier molecular flexibility index (Phi) is 2.83. The summed E-state index contributed by atoms with van der Waals surface area (Å²) in [6.07, 6.45) is 6.94. The maximum absolute atomic E-state index is 5.04. The van der Waals surface area contributed by atoms with Gasteiger partial charge in [0.25, 0.3) is 0 Å². The fraction of sp³-hybridized carbons (Fsp3) is 0.174. The molecule has 3 aromatic heterocycles. The van der Waals surface area contributed by atoms with Gasteiger partial charge < -0.3 is 8.97 Å². The Balaban J connectivity index is 1.70. The van der Waals surface area contributed by atoms with E-state index in [0.29, 0.717) is 5.92 Å². The van der Waals surface area contributed by atoms with Crippen LogP contribution >= 0.6 is 0 Å². The number of aromatic nitrogens is 3. The van der Waals surface area contributed by atoms with Crippen LogP contribution in [0.15, 0.2) is 73.1 Å². The van der Waals surface area contributed by atoms with E-state index in [-0.39, 0.29) is 0 Å². The molecule has 0 spiro atoms. The number of benzene rings is 2. The monoisotopic (exact) mass is 337 g/mol. The quantitative estimate of drug-likeness (QED) is 0.434. The fourth-order valence-electron chi connectivity index (χ4n) is 4.10. The first-order valence-electron chi connectivity index (χ1n) is 9.31. The molecule has 1 aliphatic rings. The smallest absolute Gasteiger partial charge is 0.161 e. The van der Waals surface area contributed by atoms with E-state index in [9.17, 15) is 0 Å². The minimum absolute atomic E-state index is 0.664. The van der Waals surface area contributed by atoms with E-state index in [1.165, 1.54) is 45.9 Å². The normalized spacial score (nSPS) is 14.6. The number of imidazole rings is 1. The largest absolute Gasteiger partial charge is 0.333 e. The van der Waals surface area contributed by atoms with Crippen molar-refractivity contribution < 1.29 is 0 Å². The maximum atomic E-state index is 5.04. The van der Waals surface area contributed by atoms with Crippen molar-refractivity contribution in [1.29, 1.82) is 0 Å². The third-order valence-corrected chi connectivity index (χ3v) is 5.55. The lowest BCUT2D eigenvalue weighted by atomic mass is 10.2. The summed E-state index contributed by atoms with van der Waals surface area (Å²) in [5.41, 5.74) is 6.15. The fourth-order valence-corrected chi connectivity index (χ4v) is 4.10. The highest BCUT2D eigenvalue weighted by molar-refractivity contribution is 6.12. The zero-order chi connectivity index (χ0) is 17.1. The lowest BCUT2D eigenvalue weighted by Gasteiger charge is -2.08. The second-order valence-corrected chi connectivity index (χ2v) is 7.34. The molecule has 0 atom stereocenters. The number of nitrogens with zero attached hydrogens (tertiary/aromatic N) is 3. The van der Waals surface area contributed by atoms with E-state index in [2.05, 4.69) is 82.0 Å². The van der Waals surface area contributed by atoms with E-state index in [1.54, 1.807) is 0 Å². The SMILES string of the molecule is c1ccc(Cn2c3ccccc3c3ccn4cc(C5CC5)nc4c32)cc1. The van der Waals surface area contributed by atoms with Crippen molar-refractivity contribution in [3.8, 4) is 0 Å². The molecule has 0 N–H and O–H groups in total. The predicted octanol–water partition coefficient (Wildman–Crippen LogP) is 5.37. The molecule has 1 saturated carbocycles. The van der Waals surface area contributed by atoms with Crippen LogP contribution in [0, 0.1) is 0 Å². The van der Waals surface area contributed by atoms with Crippen LogP contribution < -0.4 is 0 Å². The van der Waals surface area contributed by atoms with Gasteiger partial charge in [0.15, 0.2) is 5.65 Å². The van der Waals surface area contributed by atoms with Crippen LogP contribution in [0.5, 0.6) is 0 Å². The topological polar surface area (TPSA) is 22.2 Å². The second-order valence-electron chi connectivity index (χ2n) is 7.34. The summed E-state index contributed by atoms with van der Waals surface area (Å²) in [6.45, 7) is 0.857. The maximum Gasteiger partial charge on any atom is 0.161 e. The Labute approximate surface area is 151 Å². The number of pyridine rings is 1. The predicted molar refractivity (Wildman–Crippen MR) is 106 cm³/mol. The van der Waals surface area contributed by atoms with E-state index >= 15 is 0 Å². The summed E-state index contributed by atoms with van der Waals surface area (Å²) in [6, 6.07) is 21.6. The Morgan fingerprint density at radius 2 is 1.69 bits per heavy atom. The Hall–Kier alpha value is -3.07. The molecule has 1 fully saturated rings. The molecule has 0 saturated heterocycles. The first-order valence-corrected chi connectivity index (χ1v) is 9.31. The van der Waals surface area contributed by atoms with E-state index in [1.807, 2.05) is 0 Å². The van der Waals surface area contributed by atoms with Gasteiger partial charge in [-0.15, -0.1) is 0 Å². The van der Waals surface area contributed by atoms with Crippen LogP contribution in [0.3, 0.4) is 0 Å². The third-order valence-electron chi connectivity index (χ3n) is 5.55. The van der Waals surface area contributed by atoms with Gasteiger partial charge in [0.2, 0.25) is 0 Å². The molecule has 0 aliphatic heterocycles. The lowest BCUT2D eigenvalue weighted by Crippen LogP contribution is -2.00. The average Bonchev–Trinajstić information content (AvgIpc) is 3.37. The molecule has 3 heteroatoms. The highest BCUT2D eigenvalue weighted by atomic mass is 15.1. The van der Waals surface area contributed by atoms with E-state index in [4.69, 9.17) is 4.98 Å². The first-order chi connectivity index (χ1) is 12.9. The van der Waals surface area contributed by atoms with Gasteiger partial charge >= 0.3 is 0 Å². The average molecular weight is 337 g/mol. The number of fused-ring (bicyclic) bond motifs is 5. The van der Waals surface area contributed by atoms with Gasteiger partial charge in [0.1, 0.15) is 0 Å². The summed E-state index contributed by atoms with van der Waals surface area (Å²) < 4.78 is 4.63. The standard InChI is InChI=1S/C23H19N3/c1-2-6-16(7-3-1)14-26-21-9-5-4-8-18(21)19-12-13-25-15-20(17-10-11-17)24-23(25)22(19)26/h1-9,12-13,15,17H,10-11,14H2. The number of hydrogen-bond donors (Lipinski definition) is 0. The zero-order valence-corrected chi connectivity index (χ0v) is 14.5. The molecule has 0 bridgehead atoms. The molecule has 126 valence electrons. The van der Waals surface area contributed by atoms with Gasteiger partial charge in [0.05, 0.1) is 11.2 Å². The molecular weight excluding hydrogens is 318 g/mol. The summed E-state index contributed by atoms with van der Waals surface area (Å²) in [5.74, 6) is 0.664. The molecule has 3 nitrogen and oxygen atoms in total. The van der Waals surface area contributed by atoms with Crippen LogP contribution in [-0.4, -0.2) is 14.0 Å². The number of para-hydroxylation sites is 1. The lowest BCUT2D eigenvalue weighted by molar-refractivity contribution is 0.868. The molecule has 3 heterocycles. The van der Waals surface area contributed by atoms with E-state index in [0.717, 1.165) is 12.2 Å². The van der Waals surface area contributed by atoms with Crippen molar-refractivity contribution >= 4 is 27.5 Å². The van der Waals surface area contributed by atoms with Crippen LogP contribution in [0.1, 0.15) is 30.0 Å². The van der Waals surface area contributed by atoms with Crippen molar-refractivity contribution in [1.82, 2.24) is 14.0 Å². The Bertz CT molecular complexity index is 1260. The van der Waals surface area contributed by atoms with Crippen molar-refractivity contribution in [2.24, 2.45) is 0 Å².